The van der Waals surface area contributed by atoms with Crippen LogP contribution < -0.4 is 0 Å². The third-order valence-corrected chi connectivity index (χ3v) is 2.74. The van der Waals surface area contributed by atoms with Crippen LogP contribution in [0.1, 0.15) is 21.9 Å². The fourth-order valence-corrected chi connectivity index (χ4v) is 1.71. The van der Waals surface area contributed by atoms with Crippen molar-refractivity contribution in [2.75, 3.05) is 0 Å². The van der Waals surface area contributed by atoms with Gasteiger partial charge in [0.25, 0.3) is 0 Å². The Morgan fingerprint density at radius 2 is 2.00 bits per heavy atom. The highest BCUT2D eigenvalue weighted by atomic mass is 16.4. The van der Waals surface area contributed by atoms with Crippen LogP contribution in [0, 0.1) is 6.92 Å². The number of aromatic nitrogens is 5. The SMILES string of the molecule is Cc1ccc(-c2nnc(Cn3cc(C=O)nn3)o2)cc1. The summed E-state index contributed by atoms with van der Waals surface area (Å²) in [6, 6.07) is 7.80. The van der Waals surface area contributed by atoms with Gasteiger partial charge in [-0.25, -0.2) is 4.68 Å². The molecule has 0 unspecified atom stereocenters. The number of carbonyl (C=O) groups excluding carboxylic acids is 1. The monoisotopic (exact) mass is 269 g/mol. The van der Waals surface area contributed by atoms with E-state index in [9.17, 15) is 4.79 Å². The van der Waals surface area contributed by atoms with Crippen molar-refractivity contribution in [2.24, 2.45) is 0 Å². The van der Waals surface area contributed by atoms with Gasteiger partial charge in [0.1, 0.15) is 12.2 Å². The first kappa shape index (κ1) is 12.2. The number of aldehydes is 1. The third-order valence-electron chi connectivity index (χ3n) is 2.74. The van der Waals surface area contributed by atoms with Crippen LogP contribution in [0.5, 0.6) is 0 Å². The number of hydrogen-bond donors (Lipinski definition) is 0. The Balaban J connectivity index is 1.79. The fourth-order valence-electron chi connectivity index (χ4n) is 1.71. The number of aryl methyl sites for hydroxylation is 1. The topological polar surface area (TPSA) is 86.7 Å². The summed E-state index contributed by atoms with van der Waals surface area (Å²) in [5, 5.41) is 15.4. The lowest BCUT2D eigenvalue weighted by Gasteiger charge is -1.95. The normalized spacial score (nSPS) is 10.7. The van der Waals surface area contributed by atoms with Gasteiger partial charge < -0.3 is 4.42 Å². The Morgan fingerprint density at radius 1 is 1.20 bits per heavy atom. The first-order chi connectivity index (χ1) is 9.74. The van der Waals surface area contributed by atoms with Crippen molar-refractivity contribution in [3.05, 3.63) is 47.6 Å². The number of hydrogen-bond acceptors (Lipinski definition) is 6. The summed E-state index contributed by atoms with van der Waals surface area (Å²) in [7, 11) is 0. The van der Waals surface area contributed by atoms with Crippen molar-refractivity contribution >= 4 is 6.29 Å². The minimum Gasteiger partial charge on any atom is -0.419 e. The van der Waals surface area contributed by atoms with Crippen LogP contribution in [0.25, 0.3) is 11.5 Å². The molecule has 1 aromatic carbocycles. The smallest absolute Gasteiger partial charge is 0.247 e. The van der Waals surface area contributed by atoms with E-state index in [-0.39, 0.29) is 12.2 Å². The number of nitrogens with zero attached hydrogens (tertiary/aromatic N) is 5. The molecule has 0 atom stereocenters. The van der Waals surface area contributed by atoms with Gasteiger partial charge in [0.05, 0.1) is 6.20 Å². The molecular formula is C13H11N5O2. The molecule has 20 heavy (non-hydrogen) atoms. The summed E-state index contributed by atoms with van der Waals surface area (Å²) in [5.74, 6) is 0.860. The highest BCUT2D eigenvalue weighted by Crippen LogP contribution is 2.18. The molecule has 0 fully saturated rings. The van der Waals surface area contributed by atoms with Crippen LogP contribution in [-0.2, 0) is 6.54 Å². The van der Waals surface area contributed by atoms with Crippen molar-refractivity contribution in [1.82, 2.24) is 25.2 Å². The molecule has 0 spiro atoms. The van der Waals surface area contributed by atoms with Crippen LogP contribution in [0.4, 0.5) is 0 Å². The van der Waals surface area contributed by atoms with E-state index in [1.165, 1.54) is 10.9 Å². The lowest BCUT2D eigenvalue weighted by Crippen LogP contribution is -2.00. The van der Waals surface area contributed by atoms with Crippen molar-refractivity contribution in [2.45, 2.75) is 13.5 Å². The molecule has 0 aliphatic carbocycles. The molecule has 2 aromatic heterocycles. The first-order valence-electron chi connectivity index (χ1n) is 5.99. The number of carbonyl (C=O) groups is 1. The Hall–Kier alpha value is -2.83. The molecular weight excluding hydrogens is 258 g/mol. The molecule has 0 aliphatic rings. The van der Waals surface area contributed by atoms with Gasteiger partial charge in [0, 0.05) is 5.56 Å². The van der Waals surface area contributed by atoms with Crippen LogP contribution in [0.3, 0.4) is 0 Å². The van der Waals surface area contributed by atoms with Crippen LogP contribution >= 0.6 is 0 Å². The Kier molecular flexibility index (Phi) is 3.08. The third kappa shape index (κ3) is 2.46. The molecule has 7 heteroatoms. The maximum atomic E-state index is 10.5. The minimum atomic E-state index is 0.267. The Labute approximate surface area is 114 Å². The van der Waals surface area contributed by atoms with Gasteiger partial charge in [-0.05, 0) is 19.1 Å². The zero-order chi connectivity index (χ0) is 13.9. The molecule has 0 radical (unpaired) electrons. The second-order valence-electron chi connectivity index (χ2n) is 4.33. The highest BCUT2D eigenvalue weighted by Gasteiger charge is 2.10. The van der Waals surface area contributed by atoms with E-state index in [1.807, 2.05) is 31.2 Å². The van der Waals surface area contributed by atoms with E-state index in [1.54, 1.807) is 0 Å². The van der Waals surface area contributed by atoms with E-state index in [0.717, 1.165) is 11.1 Å². The molecule has 0 amide bonds. The summed E-state index contributed by atoms with van der Waals surface area (Å²) in [6.45, 7) is 2.29. The van der Waals surface area contributed by atoms with Gasteiger partial charge in [-0.3, -0.25) is 4.79 Å². The maximum absolute atomic E-state index is 10.5. The summed E-state index contributed by atoms with van der Waals surface area (Å²) in [5.41, 5.74) is 2.29. The average Bonchev–Trinajstić information content (AvgIpc) is 3.09. The van der Waals surface area contributed by atoms with Gasteiger partial charge >= 0.3 is 0 Å². The summed E-state index contributed by atoms with van der Waals surface area (Å²) in [6.07, 6.45) is 2.15. The molecule has 0 saturated carbocycles. The average molecular weight is 269 g/mol. The molecule has 0 aliphatic heterocycles. The largest absolute Gasteiger partial charge is 0.419 e. The van der Waals surface area contributed by atoms with Gasteiger partial charge in [-0.15, -0.1) is 15.3 Å². The predicted molar refractivity (Wildman–Crippen MR) is 69.0 cm³/mol. The zero-order valence-corrected chi connectivity index (χ0v) is 10.7. The molecule has 0 bridgehead atoms. The second-order valence-corrected chi connectivity index (χ2v) is 4.33. The van der Waals surface area contributed by atoms with E-state index in [4.69, 9.17) is 4.42 Å². The second kappa shape index (κ2) is 5.04. The maximum Gasteiger partial charge on any atom is 0.247 e. The fraction of sp³-hybridized carbons (Fsp3) is 0.154. The lowest BCUT2D eigenvalue weighted by molar-refractivity contribution is 0.111. The number of benzene rings is 1. The van der Waals surface area contributed by atoms with Gasteiger partial charge in [0.15, 0.2) is 6.29 Å². The molecule has 7 nitrogen and oxygen atoms in total. The quantitative estimate of drug-likeness (QED) is 0.667. The lowest BCUT2D eigenvalue weighted by atomic mass is 10.1. The summed E-state index contributed by atoms with van der Waals surface area (Å²) in [4.78, 5) is 10.5. The van der Waals surface area contributed by atoms with Gasteiger partial charge in [-0.2, -0.15) is 0 Å². The van der Waals surface area contributed by atoms with Crippen molar-refractivity contribution in [1.29, 1.82) is 0 Å². The Morgan fingerprint density at radius 3 is 2.70 bits per heavy atom. The standard InChI is InChI=1S/C13H11N5O2/c1-9-2-4-10(5-3-9)13-16-15-12(20-13)7-18-6-11(8-19)14-17-18/h2-6,8H,7H2,1H3. The summed E-state index contributed by atoms with van der Waals surface area (Å²) >= 11 is 0. The van der Waals surface area contributed by atoms with E-state index >= 15 is 0 Å². The molecule has 0 saturated heterocycles. The minimum absolute atomic E-state index is 0.267. The van der Waals surface area contributed by atoms with Gasteiger partial charge in [0.2, 0.25) is 11.8 Å². The molecule has 0 N–H and O–H groups in total. The van der Waals surface area contributed by atoms with Crippen LogP contribution in [0.15, 0.2) is 34.9 Å². The highest BCUT2D eigenvalue weighted by molar-refractivity contribution is 5.70. The van der Waals surface area contributed by atoms with Crippen molar-refractivity contribution in [3.8, 4) is 11.5 Å². The predicted octanol–water partition coefficient (Wildman–Crippen LogP) is 1.50. The van der Waals surface area contributed by atoms with E-state index in [0.29, 0.717) is 18.1 Å². The Bertz CT molecular complexity index is 729. The van der Waals surface area contributed by atoms with Crippen molar-refractivity contribution in [3.63, 3.8) is 0 Å². The van der Waals surface area contributed by atoms with Gasteiger partial charge in [-0.1, -0.05) is 22.9 Å². The molecule has 3 aromatic rings. The molecule has 3 rings (SSSR count). The zero-order valence-electron chi connectivity index (χ0n) is 10.7. The first-order valence-corrected chi connectivity index (χ1v) is 5.99. The van der Waals surface area contributed by atoms with Crippen LogP contribution in [-0.4, -0.2) is 31.5 Å². The molecule has 2 heterocycles. The van der Waals surface area contributed by atoms with E-state index in [2.05, 4.69) is 20.5 Å². The van der Waals surface area contributed by atoms with Crippen molar-refractivity contribution < 1.29 is 9.21 Å². The summed E-state index contributed by atoms with van der Waals surface area (Å²) < 4.78 is 7.03. The van der Waals surface area contributed by atoms with Crippen LogP contribution in [0.2, 0.25) is 0 Å². The number of rotatable bonds is 4. The van der Waals surface area contributed by atoms with E-state index < -0.39 is 0 Å². The molecule has 100 valence electrons.